The molecule has 1 aliphatic heterocycles. The smallest absolute Gasteiger partial charge is 0.256 e. The normalized spacial score (nSPS) is 16.5. The zero-order chi connectivity index (χ0) is 16.8. The highest BCUT2D eigenvalue weighted by Gasteiger charge is 2.34. The van der Waals surface area contributed by atoms with Crippen LogP contribution in [-0.4, -0.2) is 20.9 Å². The van der Waals surface area contributed by atoms with E-state index < -0.39 is 6.04 Å². The number of carbonyl (C=O) groups excluding carboxylic acids is 1. The summed E-state index contributed by atoms with van der Waals surface area (Å²) in [6, 6.07) is 15.5. The highest BCUT2D eigenvalue weighted by atomic mass is 16.2. The van der Waals surface area contributed by atoms with E-state index in [9.17, 15) is 4.79 Å². The van der Waals surface area contributed by atoms with Gasteiger partial charge in [0.1, 0.15) is 6.04 Å². The summed E-state index contributed by atoms with van der Waals surface area (Å²) in [6.45, 7) is 5.83. The van der Waals surface area contributed by atoms with Crippen LogP contribution in [0.25, 0.3) is 11.3 Å². The van der Waals surface area contributed by atoms with Crippen LogP contribution in [0.5, 0.6) is 0 Å². The van der Waals surface area contributed by atoms with E-state index in [1.54, 1.807) is 9.58 Å². The second-order valence-electron chi connectivity index (χ2n) is 6.17. The maximum absolute atomic E-state index is 13.2. The van der Waals surface area contributed by atoms with Gasteiger partial charge in [-0.15, -0.1) is 5.10 Å². The number of aromatic nitrogens is 3. The second-order valence-corrected chi connectivity index (χ2v) is 6.17. The van der Waals surface area contributed by atoms with Gasteiger partial charge in [0, 0.05) is 11.3 Å². The Bertz CT molecular complexity index is 927. The highest BCUT2D eigenvalue weighted by Crippen LogP contribution is 2.41. The third kappa shape index (κ3) is 2.05. The number of anilines is 2. The second kappa shape index (κ2) is 5.30. The van der Waals surface area contributed by atoms with Gasteiger partial charge in [0.05, 0.1) is 17.1 Å². The summed E-state index contributed by atoms with van der Waals surface area (Å²) in [7, 11) is 0. The van der Waals surface area contributed by atoms with Gasteiger partial charge in [-0.05, 0) is 39.0 Å². The van der Waals surface area contributed by atoms with Crippen molar-refractivity contribution in [3.05, 3.63) is 59.8 Å². The zero-order valence-electron chi connectivity index (χ0n) is 13.9. The minimum atomic E-state index is -0.421. The Morgan fingerprint density at radius 1 is 1.00 bits per heavy atom. The fourth-order valence-electron chi connectivity index (χ4n) is 3.20. The number of amides is 1. The third-order valence-electron chi connectivity index (χ3n) is 4.50. The predicted octanol–water partition coefficient (Wildman–Crippen LogP) is 3.80. The standard InChI is InChI=1S/C19H18N4O/c1-12-8-10-15(11-9-12)22-17-7-5-4-6-16(17)18-13(2)20-21-23(18)14(3)19(22)24/h4-11,14H,1-3H3/t14-/m1/s1. The number of hydrogen-bond donors (Lipinski definition) is 0. The van der Waals surface area contributed by atoms with E-state index in [-0.39, 0.29) is 5.91 Å². The van der Waals surface area contributed by atoms with Gasteiger partial charge in [0.2, 0.25) is 0 Å². The fourth-order valence-corrected chi connectivity index (χ4v) is 3.20. The van der Waals surface area contributed by atoms with Gasteiger partial charge >= 0.3 is 0 Å². The molecule has 0 unspecified atom stereocenters. The third-order valence-corrected chi connectivity index (χ3v) is 4.50. The number of para-hydroxylation sites is 1. The maximum Gasteiger partial charge on any atom is 0.256 e. The van der Waals surface area contributed by atoms with Crippen LogP contribution in [0.2, 0.25) is 0 Å². The van der Waals surface area contributed by atoms with Crippen molar-refractivity contribution in [3.63, 3.8) is 0 Å². The molecule has 0 saturated carbocycles. The fraction of sp³-hybridized carbons (Fsp3) is 0.211. The first-order valence-corrected chi connectivity index (χ1v) is 8.00. The number of hydrogen-bond acceptors (Lipinski definition) is 3. The van der Waals surface area contributed by atoms with Crippen LogP contribution in [0, 0.1) is 13.8 Å². The summed E-state index contributed by atoms with van der Waals surface area (Å²) in [5.41, 5.74) is 5.59. The van der Waals surface area contributed by atoms with Crippen molar-refractivity contribution in [3.8, 4) is 11.3 Å². The number of nitrogens with zero attached hydrogens (tertiary/aromatic N) is 4. The van der Waals surface area contributed by atoms with E-state index in [4.69, 9.17) is 0 Å². The average molecular weight is 318 g/mol. The van der Waals surface area contributed by atoms with Gasteiger partial charge in [0.15, 0.2) is 0 Å². The van der Waals surface area contributed by atoms with Crippen molar-refractivity contribution in [2.45, 2.75) is 26.8 Å². The number of fused-ring (bicyclic) bond motifs is 3. The largest absolute Gasteiger partial charge is 0.279 e. The van der Waals surface area contributed by atoms with Crippen molar-refractivity contribution in [2.75, 3.05) is 4.90 Å². The topological polar surface area (TPSA) is 51.0 Å². The lowest BCUT2D eigenvalue weighted by Crippen LogP contribution is -2.31. The van der Waals surface area contributed by atoms with Crippen LogP contribution in [0.1, 0.15) is 24.2 Å². The predicted molar refractivity (Wildman–Crippen MR) is 93.2 cm³/mol. The average Bonchev–Trinajstić information content (AvgIpc) is 2.94. The Balaban J connectivity index is 2.00. The van der Waals surface area contributed by atoms with Crippen molar-refractivity contribution in [2.24, 2.45) is 0 Å². The molecule has 0 bridgehead atoms. The summed E-state index contributed by atoms with van der Waals surface area (Å²) >= 11 is 0. The molecule has 2 heterocycles. The van der Waals surface area contributed by atoms with Crippen LogP contribution in [0.15, 0.2) is 48.5 Å². The molecule has 0 saturated heterocycles. The molecule has 5 nitrogen and oxygen atoms in total. The van der Waals surface area contributed by atoms with Gasteiger partial charge in [0.25, 0.3) is 5.91 Å². The van der Waals surface area contributed by atoms with Crippen molar-refractivity contribution >= 4 is 17.3 Å². The van der Waals surface area contributed by atoms with Crippen LogP contribution in [-0.2, 0) is 4.79 Å². The lowest BCUT2D eigenvalue weighted by atomic mass is 10.1. The highest BCUT2D eigenvalue weighted by molar-refractivity contribution is 6.07. The van der Waals surface area contributed by atoms with E-state index in [1.165, 1.54) is 0 Å². The van der Waals surface area contributed by atoms with E-state index in [1.807, 2.05) is 69.3 Å². The summed E-state index contributed by atoms with van der Waals surface area (Å²) < 4.78 is 1.73. The number of rotatable bonds is 1. The van der Waals surface area contributed by atoms with E-state index in [0.717, 1.165) is 33.9 Å². The Morgan fingerprint density at radius 2 is 1.71 bits per heavy atom. The molecular formula is C19H18N4O. The molecule has 1 amide bonds. The molecule has 120 valence electrons. The Morgan fingerprint density at radius 3 is 2.46 bits per heavy atom. The Labute approximate surface area is 140 Å². The Hall–Kier alpha value is -2.95. The molecule has 1 aromatic heterocycles. The van der Waals surface area contributed by atoms with Crippen LogP contribution < -0.4 is 4.90 Å². The van der Waals surface area contributed by atoms with Crippen LogP contribution in [0.4, 0.5) is 11.4 Å². The zero-order valence-corrected chi connectivity index (χ0v) is 13.9. The first-order valence-electron chi connectivity index (χ1n) is 8.00. The first kappa shape index (κ1) is 14.6. The molecule has 2 aromatic carbocycles. The van der Waals surface area contributed by atoms with Crippen LogP contribution >= 0.6 is 0 Å². The molecule has 0 N–H and O–H groups in total. The monoisotopic (exact) mass is 318 g/mol. The van der Waals surface area contributed by atoms with Crippen molar-refractivity contribution in [1.29, 1.82) is 0 Å². The number of carbonyl (C=O) groups is 1. The lowest BCUT2D eigenvalue weighted by Gasteiger charge is -2.24. The summed E-state index contributed by atoms with van der Waals surface area (Å²) in [4.78, 5) is 15.0. The summed E-state index contributed by atoms with van der Waals surface area (Å²) in [5.74, 6) is -0.0186. The van der Waals surface area contributed by atoms with E-state index >= 15 is 0 Å². The molecular weight excluding hydrogens is 300 g/mol. The van der Waals surface area contributed by atoms with Gasteiger partial charge < -0.3 is 0 Å². The molecule has 24 heavy (non-hydrogen) atoms. The van der Waals surface area contributed by atoms with Gasteiger partial charge in [-0.25, -0.2) is 4.68 Å². The van der Waals surface area contributed by atoms with Gasteiger partial charge in [-0.2, -0.15) is 0 Å². The van der Waals surface area contributed by atoms with Crippen molar-refractivity contribution in [1.82, 2.24) is 15.0 Å². The van der Waals surface area contributed by atoms with Crippen LogP contribution in [0.3, 0.4) is 0 Å². The lowest BCUT2D eigenvalue weighted by molar-refractivity contribution is -0.120. The Kier molecular flexibility index (Phi) is 3.23. The van der Waals surface area contributed by atoms with Gasteiger partial charge in [-0.1, -0.05) is 41.1 Å². The van der Waals surface area contributed by atoms with Gasteiger partial charge in [-0.3, -0.25) is 9.69 Å². The molecule has 0 fully saturated rings. The molecule has 5 heteroatoms. The SMILES string of the molecule is Cc1ccc(N2C(=O)[C@@H](C)n3nnc(C)c3-c3ccccc32)cc1. The van der Waals surface area contributed by atoms with Crippen molar-refractivity contribution < 1.29 is 4.79 Å². The molecule has 1 atom stereocenters. The molecule has 0 spiro atoms. The summed E-state index contributed by atoms with van der Waals surface area (Å²) in [5, 5.41) is 8.38. The minimum absolute atomic E-state index is 0.0186. The molecule has 0 radical (unpaired) electrons. The molecule has 4 rings (SSSR count). The molecule has 3 aromatic rings. The molecule has 1 aliphatic rings. The maximum atomic E-state index is 13.2. The number of benzene rings is 2. The summed E-state index contributed by atoms with van der Waals surface area (Å²) in [6.07, 6.45) is 0. The minimum Gasteiger partial charge on any atom is -0.279 e. The first-order chi connectivity index (χ1) is 11.6. The molecule has 0 aliphatic carbocycles. The quantitative estimate of drug-likeness (QED) is 0.686. The van der Waals surface area contributed by atoms with E-state index in [0.29, 0.717) is 0 Å². The number of aryl methyl sites for hydroxylation is 2. The van der Waals surface area contributed by atoms with E-state index in [2.05, 4.69) is 10.3 Å².